The summed E-state index contributed by atoms with van der Waals surface area (Å²) in [6, 6.07) is 7.72. The van der Waals surface area contributed by atoms with E-state index in [1.54, 1.807) is 0 Å². The van der Waals surface area contributed by atoms with Crippen LogP contribution in [0.4, 0.5) is 0 Å². The molecule has 0 radical (unpaired) electrons. The quantitative estimate of drug-likeness (QED) is 0.655. The number of benzene rings is 1. The molecule has 0 fully saturated rings. The predicted octanol–water partition coefficient (Wildman–Crippen LogP) is 1.78. The number of aliphatic hydroxyl groups excluding tert-OH is 1. The van der Waals surface area contributed by atoms with Crippen LogP contribution < -0.4 is 5.73 Å². The Morgan fingerprint density at radius 1 is 1.47 bits per heavy atom. The molecule has 0 spiro atoms. The van der Waals surface area contributed by atoms with Crippen molar-refractivity contribution in [3.8, 4) is 12.3 Å². The predicted molar refractivity (Wildman–Crippen MR) is 77.5 cm³/mol. The maximum atomic E-state index is 10.1. The third kappa shape index (κ3) is 4.68. The van der Waals surface area contributed by atoms with Gasteiger partial charge in [0.15, 0.2) is 0 Å². The van der Waals surface area contributed by atoms with Crippen molar-refractivity contribution in [1.29, 1.82) is 0 Å². The highest BCUT2D eigenvalue weighted by molar-refractivity contribution is 5.26. The van der Waals surface area contributed by atoms with E-state index in [2.05, 4.69) is 5.92 Å². The molecule has 0 amide bonds. The van der Waals surface area contributed by atoms with Gasteiger partial charge in [-0.3, -0.25) is 0 Å². The van der Waals surface area contributed by atoms with Gasteiger partial charge >= 0.3 is 0 Å². The lowest BCUT2D eigenvalue weighted by molar-refractivity contribution is 0.0881. The Balaban J connectivity index is 2.70. The minimum absolute atomic E-state index is 0.456. The second-order valence-electron chi connectivity index (χ2n) is 4.87. The second-order valence-corrected chi connectivity index (χ2v) is 4.87. The molecule has 19 heavy (non-hydrogen) atoms. The minimum atomic E-state index is -1.04. The second kappa shape index (κ2) is 7.30. The van der Waals surface area contributed by atoms with Crippen LogP contribution in [0, 0.1) is 12.3 Å². The van der Waals surface area contributed by atoms with Crippen molar-refractivity contribution < 1.29 is 10.2 Å². The summed E-state index contributed by atoms with van der Waals surface area (Å²) in [5.74, 6) is 2.45. The van der Waals surface area contributed by atoms with Gasteiger partial charge in [0, 0.05) is 0 Å². The fourth-order valence-corrected chi connectivity index (χ4v) is 1.98. The van der Waals surface area contributed by atoms with Gasteiger partial charge < -0.3 is 15.9 Å². The number of hydrogen-bond donors (Lipinski definition) is 3. The molecular weight excluding hydrogens is 238 g/mol. The zero-order valence-electron chi connectivity index (χ0n) is 11.5. The van der Waals surface area contributed by atoms with Crippen LogP contribution in [0.25, 0.3) is 0 Å². The molecule has 0 aromatic heterocycles. The highest BCUT2D eigenvalue weighted by Gasteiger charge is 2.20. The van der Waals surface area contributed by atoms with Crippen LogP contribution in [0.3, 0.4) is 0 Å². The van der Waals surface area contributed by atoms with Gasteiger partial charge in [0.05, 0.1) is 6.10 Å². The average Bonchev–Trinajstić information content (AvgIpc) is 2.45. The van der Waals surface area contributed by atoms with Crippen molar-refractivity contribution in [2.75, 3.05) is 6.54 Å². The summed E-state index contributed by atoms with van der Waals surface area (Å²) >= 11 is 0. The van der Waals surface area contributed by atoms with E-state index >= 15 is 0 Å². The first-order chi connectivity index (χ1) is 9.04. The third-order valence-electron chi connectivity index (χ3n) is 3.46. The van der Waals surface area contributed by atoms with Crippen molar-refractivity contribution in [2.24, 2.45) is 5.73 Å². The van der Waals surface area contributed by atoms with Gasteiger partial charge in [-0.05, 0) is 43.4 Å². The van der Waals surface area contributed by atoms with Crippen LogP contribution in [0.1, 0.15) is 43.4 Å². The number of hydrogen-bond acceptors (Lipinski definition) is 3. The summed E-state index contributed by atoms with van der Waals surface area (Å²) in [6.45, 7) is 2.33. The SMILES string of the molecule is C#CC(O)(CC)CCc1cccc(C(O)CCN)c1. The maximum absolute atomic E-state index is 10.1. The maximum Gasteiger partial charge on any atom is 0.125 e. The van der Waals surface area contributed by atoms with Crippen molar-refractivity contribution in [2.45, 2.75) is 44.3 Å². The molecular formula is C16H23NO2. The summed E-state index contributed by atoms with van der Waals surface area (Å²) in [4.78, 5) is 0. The molecule has 0 aliphatic carbocycles. The van der Waals surface area contributed by atoms with Crippen LogP contribution in [0.5, 0.6) is 0 Å². The van der Waals surface area contributed by atoms with Crippen molar-refractivity contribution in [3.05, 3.63) is 35.4 Å². The van der Waals surface area contributed by atoms with E-state index < -0.39 is 11.7 Å². The molecule has 4 N–H and O–H groups in total. The van der Waals surface area contributed by atoms with Crippen LogP contribution in [0.2, 0.25) is 0 Å². The van der Waals surface area contributed by atoms with E-state index in [1.165, 1.54) is 0 Å². The lowest BCUT2D eigenvalue weighted by atomic mass is 9.92. The molecule has 0 aliphatic heterocycles. The average molecular weight is 261 g/mol. The first kappa shape index (κ1) is 15.7. The molecule has 0 saturated heterocycles. The summed E-state index contributed by atoms with van der Waals surface area (Å²) < 4.78 is 0. The zero-order valence-corrected chi connectivity index (χ0v) is 11.5. The third-order valence-corrected chi connectivity index (χ3v) is 3.46. The monoisotopic (exact) mass is 261 g/mol. The fourth-order valence-electron chi connectivity index (χ4n) is 1.98. The number of rotatable bonds is 7. The number of aliphatic hydroxyl groups is 2. The van der Waals surface area contributed by atoms with Crippen LogP contribution in [0.15, 0.2) is 24.3 Å². The largest absolute Gasteiger partial charge is 0.388 e. The topological polar surface area (TPSA) is 66.5 Å². The molecule has 0 saturated carbocycles. The van der Waals surface area contributed by atoms with Crippen molar-refractivity contribution in [3.63, 3.8) is 0 Å². The summed E-state index contributed by atoms with van der Waals surface area (Å²) in [6.07, 6.45) is 7.13. The molecule has 1 rings (SSSR count). The van der Waals surface area contributed by atoms with Gasteiger partial charge in [-0.1, -0.05) is 37.1 Å². The van der Waals surface area contributed by atoms with E-state index in [1.807, 2.05) is 31.2 Å². The van der Waals surface area contributed by atoms with E-state index in [0.717, 1.165) is 11.1 Å². The van der Waals surface area contributed by atoms with E-state index in [9.17, 15) is 10.2 Å². The number of nitrogens with two attached hydrogens (primary N) is 1. The smallest absolute Gasteiger partial charge is 0.125 e. The molecule has 0 bridgehead atoms. The molecule has 1 aromatic carbocycles. The highest BCUT2D eigenvalue weighted by atomic mass is 16.3. The van der Waals surface area contributed by atoms with E-state index in [0.29, 0.717) is 32.2 Å². The standard InChI is InChI=1S/C16H23NO2/c1-3-16(19,4-2)10-8-13-6-5-7-14(12-13)15(18)9-11-17/h1,5-7,12,15,18-19H,4,8-11,17H2,2H3. The van der Waals surface area contributed by atoms with Gasteiger partial charge in [0.2, 0.25) is 0 Å². The Hall–Kier alpha value is -1.34. The van der Waals surface area contributed by atoms with Gasteiger partial charge in [-0.15, -0.1) is 6.42 Å². The normalized spacial score (nSPS) is 15.5. The minimum Gasteiger partial charge on any atom is -0.388 e. The first-order valence-corrected chi connectivity index (χ1v) is 6.71. The van der Waals surface area contributed by atoms with Crippen LogP contribution in [-0.4, -0.2) is 22.4 Å². The van der Waals surface area contributed by atoms with Gasteiger partial charge in [-0.2, -0.15) is 0 Å². The highest BCUT2D eigenvalue weighted by Crippen LogP contribution is 2.21. The number of aryl methyl sites for hydroxylation is 1. The molecule has 2 atom stereocenters. The molecule has 0 aliphatic rings. The lowest BCUT2D eigenvalue weighted by Gasteiger charge is -2.20. The van der Waals surface area contributed by atoms with Gasteiger partial charge in [0.25, 0.3) is 0 Å². The zero-order chi connectivity index (χ0) is 14.3. The van der Waals surface area contributed by atoms with Crippen LogP contribution in [-0.2, 0) is 6.42 Å². The summed E-state index contributed by atoms with van der Waals surface area (Å²) in [5.41, 5.74) is 6.34. The summed E-state index contributed by atoms with van der Waals surface area (Å²) in [5, 5.41) is 20.0. The van der Waals surface area contributed by atoms with E-state index in [-0.39, 0.29) is 0 Å². The van der Waals surface area contributed by atoms with Crippen molar-refractivity contribution >= 4 is 0 Å². The Morgan fingerprint density at radius 2 is 2.21 bits per heavy atom. The molecule has 104 valence electrons. The fraction of sp³-hybridized carbons (Fsp3) is 0.500. The Morgan fingerprint density at radius 3 is 2.79 bits per heavy atom. The molecule has 3 heteroatoms. The first-order valence-electron chi connectivity index (χ1n) is 6.71. The lowest BCUT2D eigenvalue weighted by Crippen LogP contribution is -2.25. The number of terminal acetylenes is 1. The van der Waals surface area contributed by atoms with E-state index in [4.69, 9.17) is 12.2 Å². The molecule has 2 unspecified atom stereocenters. The summed E-state index contributed by atoms with van der Waals surface area (Å²) in [7, 11) is 0. The molecule has 0 heterocycles. The Bertz CT molecular complexity index is 439. The van der Waals surface area contributed by atoms with Gasteiger partial charge in [0.1, 0.15) is 5.60 Å². The Kier molecular flexibility index (Phi) is 6.04. The van der Waals surface area contributed by atoms with Crippen LogP contribution >= 0.6 is 0 Å². The Labute approximate surface area is 115 Å². The van der Waals surface area contributed by atoms with Crippen molar-refractivity contribution in [1.82, 2.24) is 0 Å². The molecule has 3 nitrogen and oxygen atoms in total. The van der Waals surface area contributed by atoms with Gasteiger partial charge in [-0.25, -0.2) is 0 Å². The molecule has 1 aromatic rings.